The van der Waals surface area contributed by atoms with Gasteiger partial charge in [-0.25, -0.2) is 23.1 Å². The molecule has 0 spiro atoms. The van der Waals surface area contributed by atoms with Crippen LogP contribution in [0.15, 0.2) is 35.9 Å². The van der Waals surface area contributed by atoms with Crippen molar-refractivity contribution in [2.75, 3.05) is 0 Å². The van der Waals surface area contributed by atoms with Crippen LogP contribution in [0.5, 0.6) is 0 Å². The van der Waals surface area contributed by atoms with Crippen LogP contribution in [-0.2, 0) is 27.8 Å². The van der Waals surface area contributed by atoms with Crippen molar-refractivity contribution in [2.24, 2.45) is 5.92 Å². The molecule has 41 heavy (non-hydrogen) atoms. The average molecular weight is 564 g/mol. The van der Waals surface area contributed by atoms with Crippen molar-refractivity contribution in [2.45, 2.75) is 96.0 Å². The van der Waals surface area contributed by atoms with Crippen LogP contribution in [0.3, 0.4) is 0 Å². The molecule has 1 aliphatic carbocycles. The van der Waals surface area contributed by atoms with Crippen LogP contribution in [0.25, 0.3) is 5.78 Å². The van der Waals surface area contributed by atoms with E-state index in [1.54, 1.807) is 26.2 Å². The van der Waals surface area contributed by atoms with Crippen LogP contribution in [0.4, 0.5) is 8.78 Å². The number of nitriles is 1. The zero-order valence-electron chi connectivity index (χ0n) is 23.7. The number of carbonyl (C=O) groups excluding carboxylic acids is 1. The molecule has 0 bridgehead atoms. The summed E-state index contributed by atoms with van der Waals surface area (Å²) >= 11 is 0. The standard InChI is InChI=1S/C31H35F2N5O3/c1-4-30(5-2,18-34)27-23(32)12-20(13-24(27)33)10-11-31(21-8-6-7-9-21)15-25(39)22(28(40)41-31)14-26-36-29-35-16-19(3)17-38(29)37-26/h12-13,16-17,21,39H,4-11,14-15H2,1-3H3. The van der Waals surface area contributed by atoms with Crippen molar-refractivity contribution in [3.05, 3.63) is 70.0 Å². The highest BCUT2D eigenvalue weighted by atomic mass is 19.1. The number of esters is 1. The summed E-state index contributed by atoms with van der Waals surface area (Å²) in [6.45, 7) is 5.38. The van der Waals surface area contributed by atoms with E-state index >= 15 is 8.78 Å². The average Bonchev–Trinajstić information content (AvgIpc) is 3.62. The van der Waals surface area contributed by atoms with Gasteiger partial charge in [-0.1, -0.05) is 26.7 Å². The van der Waals surface area contributed by atoms with Gasteiger partial charge in [0.2, 0.25) is 0 Å². The minimum absolute atomic E-state index is 0.00120. The van der Waals surface area contributed by atoms with Crippen LogP contribution in [0.2, 0.25) is 0 Å². The predicted molar refractivity (Wildman–Crippen MR) is 147 cm³/mol. The van der Waals surface area contributed by atoms with Gasteiger partial charge in [0.25, 0.3) is 5.78 Å². The van der Waals surface area contributed by atoms with Crippen LogP contribution >= 0.6 is 0 Å². The molecule has 2 aliphatic rings. The highest BCUT2D eigenvalue weighted by molar-refractivity contribution is 5.90. The number of cyclic esters (lactones) is 1. The normalized spacial score (nSPS) is 20.0. The Hall–Kier alpha value is -3.87. The molecule has 216 valence electrons. The Morgan fingerprint density at radius 2 is 1.90 bits per heavy atom. The van der Waals surface area contributed by atoms with E-state index in [-0.39, 0.29) is 42.1 Å². The van der Waals surface area contributed by atoms with Crippen molar-refractivity contribution in [3.8, 4) is 6.07 Å². The maximum absolute atomic E-state index is 15.3. The van der Waals surface area contributed by atoms with Gasteiger partial charge in [-0.15, -0.1) is 5.10 Å². The van der Waals surface area contributed by atoms with Gasteiger partial charge in [0.05, 0.1) is 17.1 Å². The summed E-state index contributed by atoms with van der Waals surface area (Å²) in [5.41, 5.74) is -0.972. The number of hydrogen-bond acceptors (Lipinski definition) is 7. The van der Waals surface area contributed by atoms with Gasteiger partial charge in [0, 0.05) is 30.8 Å². The number of aliphatic hydroxyl groups excluding tert-OH is 1. The van der Waals surface area contributed by atoms with Crippen molar-refractivity contribution < 1.29 is 23.4 Å². The summed E-state index contributed by atoms with van der Waals surface area (Å²) in [7, 11) is 0. The molecule has 10 heteroatoms. The van der Waals surface area contributed by atoms with E-state index in [4.69, 9.17) is 4.74 Å². The quantitative estimate of drug-likeness (QED) is 0.310. The van der Waals surface area contributed by atoms with Crippen LogP contribution in [-0.4, -0.2) is 36.3 Å². The topological polar surface area (TPSA) is 113 Å². The lowest BCUT2D eigenvalue weighted by Gasteiger charge is -2.41. The molecule has 1 unspecified atom stereocenters. The lowest BCUT2D eigenvalue weighted by molar-refractivity contribution is -0.167. The second-order valence-corrected chi connectivity index (χ2v) is 11.5. The Morgan fingerprint density at radius 1 is 1.22 bits per heavy atom. The zero-order chi connectivity index (χ0) is 29.4. The monoisotopic (exact) mass is 563 g/mol. The van der Waals surface area contributed by atoms with E-state index < -0.39 is 28.6 Å². The highest BCUT2D eigenvalue weighted by Crippen LogP contribution is 2.46. The number of aryl methyl sites for hydroxylation is 2. The predicted octanol–water partition coefficient (Wildman–Crippen LogP) is 6.16. The molecular weight excluding hydrogens is 528 g/mol. The molecule has 3 aromatic rings. The number of hydrogen-bond donors (Lipinski definition) is 1. The Labute approximate surface area is 238 Å². The second-order valence-electron chi connectivity index (χ2n) is 11.5. The number of ether oxygens (including phenoxy) is 1. The van der Waals surface area contributed by atoms with Gasteiger partial charge in [-0.2, -0.15) is 10.2 Å². The molecule has 1 atom stereocenters. The summed E-state index contributed by atoms with van der Waals surface area (Å²) in [5, 5.41) is 25.3. The molecule has 8 nitrogen and oxygen atoms in total. The smallest absolute Gasteiger partial charge is 0.338 e. The first-order chi connectivity index (χ1) is 19.6. The minimum Gasteiger partial charge on any atom is -0.512 e. The van der Waals surface area contributed by atoms with Gasteiger partial charge >= 0.3 is 5.97 Å². The maximum atomic E-state index is 15.3. The summed E-state index contributed by atoms with van der Waals surface area (Å²) < 4.78 is 38.2. The van der Waals surface area contributed by atoms with Crippen LogP contribution < -0.4 is 0 Å². The summed E-state index contributed by atoms with van der Waals surface area (Å²) in [4.78, 5) is 22.0. The maximum Gasteiger partial charge on any atom is 0.338 e. The Bertz CT molecular complexity index is 1530. The minimum atomic E-state index is -1.23. The van der Waals surface area contributed by atoms with E-state index in [0.29, 0.717) is 36.4 Å². The third-order valence-electron chi connectivity index (χ3n) is 9.00. The number of carbonyl (C=O) groups is 1. The van der Waals surface area contributed by atoms with Gasteiger partial charge in [0.1, 0.15) is 23.0 Å². The molecule has 2 aromatic heterocycles. The van der Waals surface area contributed by atoms with Gasteiger partial charge in [-0.3, -0.25) is 0 Å². The van der Waals surface area contributed by atoms with Crippen molar-refractivity contribution in [3.63, 3.8) is 0 Å². The molecule has 0 radical (unpaired) electrons. The number of fused-ring (bicyclic) bond motifs is 1. The molecular formula is C31H35F2N5O3. The Morgan fingerprint density at radius 3 is 2.51 bits per heavy atom. The molecule has 1 aromatic carbocycles. The third-order valence-corrected chi connectivity index (χ3v) is 9.00. The largest absolute Gasteiger partial charge is 0.512 e. The van der Waals surface area contributed by atoms with E-state index in [0.717, 1.165) is 31.2 Å². The van der Waals surface area contributed by atoms with Crippen LogP contribution in [0.1, 0.15) is 87.7 Å². The Balaban J connectivity index is 1.40. The van der Waals surface area contributed by atoms with Crippen molar-refractivity contribution in [1.29, 1.82) is 5.26 Å². The van der Waals surface area contributed by atoms with Gasteiger partial charge < -0.3 is 9.84 Å². The number of nitrogens with zero attached hydrogens (tertiary/aromatic N) is 5. The number of halogens is 2. The fourth-order valence-corrected chi connectivity index (χ4v) is 6.54. The van der Waals surface area contributed by atoms with E-state index in [9.17, 15) is 15.2 Å². The zero-order valence-corrected chi connectivity index (χ0v) is 23.7. The molecule has 1 aliphatic heterocycles. The molecule has 1 saturated carbocycles. The molecule has 5 rings (SSSR count). The highest BCUT2D eigenvalue weighted by Gasteiger charge is 2.48. The molecule has 1 N–H and O–H groups in total. The lowest BCUT2D eigenvalue weighted by atomic mass is 9.75. The summed E-state index contributed by atoms with van der Waals surface area (Å²) in [6, 6.07) is 4.69. The molecule has 0 saturated heterocycles. The fraction of sp³-hybridized carbons (Fsp3) is 0.516. The lowest BCUT2D eigenvalue weighted by Crippen LogP contribution is -2.46. The number of benzene rings is 1. The van der Waals surface area contributed by atoms with Gasteiger partial charge in [0.15, 0.2) is 5.82 Å². The van der Waals surface area contributed by atoms with E-state index in [2.05, 4.69) is 21.1 Å². The molecule has 1 fully saturated rings. The summed E-state index contributed by atoms with van der Waals surface area (Å²) in [6.07, 6.45) is 8.37. The second kappa shape index (κ2) is 11.2. The Kier molecular flexibility index (Phi) is 7.82. The van der Waals surface area contributed by atoms with E-state index in [1.807, 2.05) is 6.92 Å². The number of rotatable bonds is 9. The third kappa shape index (κ3) is 5.30. The first-order valence-corrected chi connectivity index (χ1v) is 14.4. The SMILES string of the molecule is CCC(C#N)(CC)c1c(F)cc(CCC2(C3CCCC3)CC(O)=C(Cc3nc4ncc(C)cn4n3)C(=O)O2)cc1F. The molecule has 0 amide bonds. The van der Waals surface area contributed by atoms with Gasteiger partial charge in [-0.05, 0) is 74.6 Å². The summed E-state index contributed by atoms with van der Waals surface area (Å²) in [5.74, 6) is -1.41. The number of aliphatic hydroxyl groups is 1. The molecule has 3 heterocycles. The van der Waals surface area contributed by atoms with E-state index in [1.165, 1.54) is 16.6 Å². The number of aromatic nitrogens is 4. The van der Waals surface area contributed by atoms with Crippen molar-refractivity contribution in [1.82, 2.24) is 19.6 Å². The first-order valence-electron chi connectivity index (χ1n) is 14.4. The fourth-order valence-electron chi connectivity index (χ4n) is 6.54. The van der Waals surface area contributed by atoms with Crippen molar-refractivity contribution >= 4 is 11.7 Å². The van der Waals surface area contributed by atoms with Crippen LogP contribution in [0, 0.1) is 35.8 Å². The first kappa shape index (κ1) is 28.7.